The Morgan fingerprint density at radius 2 is 1.67 bits per heavy atom. The first kappa shape index (κ1) is 17.7. The van der Waals surface area contributed by atoms with E-state index in [0.717, 1.165) is 12.0 Å². The van der Waals surface area contributed by atoms with Crippen LogP contribution in [0.15, 0.2) is 54.6 Å². The molecule has 2 N–H and O–H groups in total. The zero-order chi connectivity index (χ0) is 17.4. The van der Waals surface area contributed by atoms with Crippen molar-refractivity contribution in [3.63, 3.8) is 0 Å². The highest BCUT2D eigenvalue weighted by Crippen LogP contribution is 2.11. The molecule has 0 aliphatic carbocycles. The highest BCUT2D eigenvalue weighted by atomic mass is 16.2. The summed E-state index contributed by atoms with van der Waals surface area (Å²) in [4.78, 5) is 24.0. The topological polar surface area (TPSA) is 58.2 Å². The number of hydrogen-bond donors (Lipinski definition) is 2. The minimum atomic E-state index is -0.0914. The number of benzene rings is 2. The van der Waals surface area contributed by atoms with Gasteiger partial charge in [-0.25, -0.2) is 0 Å². The lowest BCUT2D eigenvalue weighted by Gasteiger charge is -2.11. The number of aryl methyl sites for hydroxylation is 1. The molecule has 0 heterocycles. The summed E-state index contributed by atoms with van der Waals surface area (Å²) in [7, 11) is 0. The average molecular weight is 324 g/mol. The molecule has 1 atom stereocenters. The summed E-state index contributed by atoms with van der Waals surface area (Å²) in [6.07, 6.45) is 2.03. The van der Waals surface area contributed by atoms with Crippen molar-refractivity contribution >= 4 is 17.5 Å². The zero-order valence-corrected chi connectivity index (χ0v) is 14.2. The smallest absolute Gasteiger partial charge is 0.251 e. The van der Waals surface area contributed by atoms with Gasteiger partial charge < -0.3 is 10.6 Å². The Morgan fingerprint density at radius 3 is 2.29 bits per heavy atom. The Hall–Kier alpha value is -2.62. The van der Waals surface area contributed by atoms with E-state index < -0.39 is 0 Å². The van der Waals surface area contributed by atoms with Crippen molar-refractivity contribution in [2.45, 2.75) is 39.2 Å². The largest absolute Gasteiger partial charge is 0.350 e. The molecule has 0 aliphatic rings. The fourth-order valence-corrected chi connectivity index (χ4v) is 2.24. The fraction of sp³-hybridized carbons (Fsp3) is 0.300. The fourth-order valence-electron chi connectivity index (χ4n) is 2.24. The van der Waals surface area contributed by atoms with Gasteiger partial charge in [0, 0.05) is 23.7 Å². The van der Waals surface area contributed by atoms with Gasteiger partial charge in [-0.2, -0.15) is 0 Å². The molecule has 0 aromatic heterocycles. The van der Waals surface area contributed by atoms with Gasteiger partial charge in [0.2, 0.25) is 5.91 Å². The van der Waals surface area contributed by atoms with Crippen LogP contribution in [0.4, 0.5) is 5.69 Å². The number of rotatable bonds is 7. The average Bonchev–Trinajstić information content (AvgIpc) is 2.61. The molecule has 2 aromatic rings. The Balaban J connectivity index is 1.84. The summed E-state index contributed by atoms with van der Waals surface area (Å²) in [6.45, 7) is 4.00. The maximum Gasteiger partial charge on any atom is 0.251 e. The van der Waals surface area contributed by atoms with Gasteiger partial charge in [0.25, 0.3) is 5.91 Å². The summed E-state index contributed by atoms with van der Waals surface area (Å²) >= 11 is 0. The standard InChI is InChI=1S/C20H24N2O2/c1-3-15(2)21-20(24)17-10-12-18(13-11-17)22-19(23)14-9-16-7-5-4-6-8-16/h4-8,10-13,15H,3,9,14H2,1-2H3,(H,21,24)(H,22,23)/t15-/m1/s1. The maximum atomic E-state index is 12.0. The van der Waals surface area contributed by atoms with E-state index in [0.29, 0.717) is 24.1 Å². The van der Waals surface area contributed by atoms with Gasteiger partial charge >= 0.3 is 0 Å². The van der Waals surface area contributed by atoms with Crippen molar-refractivity contribution in [3.05, 3.63) is 65.7 Å². The number of carbonyl (C=O) groups excluding carboxylic acids is 2. The molecule has 0 radical (unpaired) electrons. The summed E-state index contributed by atoms with van der Waals surface area (Å²) in [5.41, 5.74) is 2.44. The third-order valence-electron chi connectivity index (χ3n) is 3.90. The predicted octanol–water partition coefficient (Wildman–Crippen LogP) is 3.79. The van der Waals surface area contributed by atoms with E-state index >= 15 is 0 Å². The molecule has 2 rings (SSSR count). The quantitative estimate of drug-likeness (QED) is 0.814. The first-order chi connectivity index (χ1) is 11.6. The van der Waals surface area contributed by atoms with E-state index in [1.165, 1.54) is 0 Å². The highest BCUT2D eigenvalue weighted by molar-refractivity contribution is 5.96. The molecule has 0 unspecified atom stereocenters. The van der Waals surface area contributed by atoms with Crippen LogP contribution in [0.25, 0.3) is 0 Å². The molecule has 0 bridgehead atoms. The molecule has 2 amide bonds. The van der Waals surface area contributed by atoms with Crippen LogP contribution in [0.5, 0.6) is 0 Å². The van der Waals surface area contributed by atoms with E-state index in [2.05, 4.69) is 10.6 Å². The number of nitrogens with one attached hydrogen (secondary N) is 2. The van der Waals surface area contributed by atoms with Crippen LogP contribution in [-0.2, 0) is 11.2 Å². The third kappa shape index (κ3) is 5.54. The third-order valence-corrected chi connectivity index (χ3v) is 3.90. The molecule has 24 heavy (non-hydrogen) atoms. The number of hydrogen-bond acceptors (Lipinski definition) is 2. The normalized spacial score (nSPS) is 11.6. The van der Waals surface area contributed by atoms with Crippen LogP contribution >= 0.6 is 0 Å². The summed E-state index contributed by atoms with van der Waals surface area (Å²) in [5.74, 6) is -0.123. The van der Waals surface area contributed by atoms with Crippen LogP contribution in [0, 0.1) is 0 Å². The van der Waals surface area contributed by atoms with E-state index in [9.17, 15) is 9.59 Å². The first-order valence-electron chi connectivity index (χ1n) is 8.33. The molecular formula is C20H24N2O2. The van der Waals surface area contributed by atoms with Crippen LogP contribution in [-0.4, -0.2) is 17.9 Å². The van der Waals surface area contributed by atoms with Gasteiger partial charge in [0.05, 0.1) is 0 Å². The van der Waals surface area contributed by atoms with E-state index in [1.807, 2.05) is 44.2 Å². The van der Waals surface area contributed by atoms with Crippen molar-refractivity contribution in [1.82, 2.24) is 5.32 Å². The van der Waals surface area contributed by atoms with Crippen LogP contribution in [0.1, 0.15) is 42.6 Å². The summed E-state index contributed by atoms with van der Waals surface area (Å²) < 4.78 is 0. The minimum Gasteiger partial charge on any atom is -0.350 e. The van der Waals surface area contributed by atoms with Gasteiger partial charge in [0.15, 0.2) is 0 Å². The number of anilines is 1. The molecule has 0 spiro atoms. The molecule has 4 heteroatoms. The van der Waals surface area contributed by atoms with Gasteiger partial charge in [-0.15, -0.1) is 0 Å². The predicted molar refractivity (Wildman–Crippen MR) is 97.1 cm³/mol. The first-order valence-corrected chi connectivity index (χ1v) is 8.33. The molecule has 0 saturated heterocycles. The zero-order valence-electron chi connectivity index (χ0n) is 14.2. The molecule has 0 fully saturated rings. The second-order valence-electron chi connectivity index (χ2n) is 5.89. The Labute approximate surface area is 143 Å². The molecule has 2 aromatic carbocycles. The number of amides is 2. The summed E-state index contributed by atoms with van der Waals surface area (Å²) in [5, 5.41) is 5.78. The van der Waals surface area contributed by atoms with Crippen LogP contribution in [0.2, 0.25) is 0 Å². The Morgan fingerprint density at radius 1 is 1.00 bits per heavy atom. The lowest BCUT2D eigenvalue weighted by Crippen LogP contribution is -2.31. The van der Waals surface area contributed by atoms with E-state index in [4.69, 9.17) is 0 Å². The second kappa shape index (κ2) is 8.87. The molecule has 0 saturated carbocycles. The van der Waals surface area contributed by atoms with E-state index in [1.54, 1.807) is 24.3 Å². The van der Waals surface area contributed by atoms with Gasteiger partial charge in [-0.1, -0.05) is 37.3 Å². The van der Waals surface area contributed by atoms with Crippen molar-refractivity contribution in [3.8, 4) is 0 Å². The van der Waals surface area contributed by atoms with Crippen LogP contribution < -0.4 is 10.6 Å². The molecular weight excluding hydrogens is 300 g/mol. The van der Waals surface area contributed by atoms with Crippen molar-refractivity contribution in [2.24, 2.45) is 0 Å². The van der Waals surface area contributed by atoms with Crippen molar-refractivity contribution in [1.29, 1.82) is 0 Å². The van der Waals surface area contributed by atoms with Gasteiger partial charge in [-0.3, -0.25) is 9.59 Å². The van der Waals surface area contributed by atoms with Crippen molar-refractivity contribution < 1.29 is 9.59 Å². The Bertz CT molecular complexity index is 666. The molecule has 4 nitrogen and oxygen atoms in total. The molecule has 0 aliphatic heterocycles. The highest BCUT2D eigenvalue weighted by Gasteiger charge is 2.09. The lowest BCUT2D eigenvalue weighted by atomic mass is 10.1. The maximum absolute atomic E-state index is 12.0. The second-order valence-corrected chi connectivity index (χ2v) is 5.89. The Kier molecular flexibility index (Phi) is 6.55. The lowest BCUT2D eigenvalue weighted by molar-refractivity contribution is -0.116. The van der Waals surface area contributed by atoms with E-state index in [-0.39, 0.29) is 17.9 Å². The molecule has 126 valence electrons. The van der Waals surface area contributed by atoms with Gasteiger partial charge in [-0.05, 0) is 49.6 Å². The number of carbonyl (C=O) groups is 2. The van der Waals surface area contributed by atoms with Crippen molar-refractivity contribution in [2.75, 3.05) is 5.32 Å². The SMILES string of the molecule is CC[C@@H](C)NC(=O)c1ccc(NC(=O)CCc2ccccc2)cc1. The monoisotopic (exact) mass is 324 g/mol. The van der Waals surface area contributed by atoms with Gasteiger partial charge in [0.1, 0.15) is 0 Å². The minimum absolute atomic E-state index is 0.0318. The van der Waals surface area contributed by atoms with Crippen LogP contribution in [0.3, 0.4) is 0 Å². The summed E-state index contributed by atoms with van der Waals surface area (Å²) in [6, 6.07) is 17.0.